The first-order valence-corrected chi connectivity index (χ1v) is 7.15. The lowest BCUT2D eigenvalue weighted by molar-refractivity contribution is -0.145. The fourth-order valence-electron chi connectivity index (χ4n) is 2.09. The van der Waals surface area contributed by atoms with Crippen LogP contribution < -0.4 is 5.32 Å². The van der Waals surface area contributed by atoms with Gasteiger partial charge in [0.15, 0.2) is 0 Å². The van der Waals surface area contributed by atoms with Crippen molar-refractivity contribution < 1.29 is 23.1 Å². The zero-order valence-electron chi connectivity index (χ0n) is 12.8. The molecule has 0 aliphatic heterocycles. The monoisotopic (exact) mass is 324 g/mol. The largest absolute Gasteiger partial charge is 0.467 e. The molecule has 7 heteroatoms. The highest BCUT2D eigenvalue weighted by Crippen LogP contribution is 2.10. The lowest BCUT2D eigenvalue weighted by Gasteiger charge is -2.16. The van der Waals surface area contributed by atoms with Gasteiger partial charge in [0, 0.05) is 12.5 Å². The molecule has 0 radical (unpaired) electrons. The number of unbranched alkanes of at least 4 members (excludes halogenated alkanes) is 2. The molecule has 1 rings (SSSR count). The maximum atomic E-state index is 13.1. The summed E-state index contributed by atoms with van der Waals surface area (Å²) < 4.78 is 30.8. The molecule has 0 unspecified atom stereocenters. The minimum atomic E-state index is -0.843. The molecule has 1 atom stereocenters. The van der Waals surface area contributed by atoms with Crippen LogP contribution in [-0.2, 0) is 20.7 Å². The van der Waals surface area contributed by atoms with Crippen LogP contribution in [0.15, 0.2) is 18.2 Å². The standard InChI is InChI=1S/C16H18F2N2O3/c1-23-16(22)14(5-3-2-4-6-19)20-15(21)9-11-7-12(17)10-13(18)8-11/h7-8,10,14H,2-5,9H2,1H3,(H,20,21)/t14-/m1/s1. The Morgan fingerprint density at radius 1 is 1.26 bits per heavy atom. The van der Waals surface area contributed by atoms with Crippen molar-refractivity contribution in [2.24, 2.45) is 0 Å². The molecule has 0 aliphatic carbocycles. The molecule has 0 saturated heterocycles. The number of hydrogen-bond donors (Lipinski definition) is 1. The Bertz CT molecular complexity index is 579. The number of carbonyl (C=O) groups excluding carboxylic acids is 2. The lowest BCUT2D eigenvalue weighted by atomic mass is 10.1. The predicted octanol–water partition coefficient (Wildman–Crippen LogP) is 2.25. The fraction of sp³-hybridized carbons (Fsp3) is 0.438. The highest BCUT2D eigenvalue weighted by Gasteiger charge is 2.21. The van der Waals surface area contributed by atoms with Crippen LogP contribution in [0.3, 0.4) is 0 Å². The van der Waals surface area contributed by atoms with Gasteiger partial charge in [-0.15, -0.1) is 0 Å². The molecule has 23 heavy (non-hydrogen) atoms. The minimum Gasteiger partial charge on any atom is -0.467 e. The quantitative estimate of drug-likeness (QED) is 0.587. The van der Waals surface area contributed by atoms with Gasteiger partial charge in [0.2, 0.25) is 5.91 Å². The molecule has 124 valence electrons. The van der Waals surface area contributed by atoms with Crippen LogP contribution in [0.2, 0.25) is 0 Å². The van der Waals surface area contributed by atoms with Crippen molar-refractivity contribution in [2.45, 2.75) is 38.1 Å². The van der Waals surface area contributed by atoms with Crippen LogP contribution in [0.25, 0.3) is 0 Å². The Morgan fingerprint density at radius 3 is 2.48 bits per heavy atom. The molecule has 1 aromatic carbocycles. The van der Waals surface area contributed by atoms with Gasteiger partial charge in [-0.1, -0.05) is 0 Å². The first-order chi connectivity index (χ1) is 11.0. The Hall–Kier alpha value is -2.49. The molecule has 0 heterocycles. The summed E-state index contributed by atoms with van der Waals surface area (Å²) in [5.74, 6) is -2.67. The highest BCUT2D eigenvalue weighted by atomic mass is 19.1. The van der Waals surface area contributed by atoms with Gasteiger partial charge in [-0.05, 0) is 37.0 Å². The molecule has 5 nitrogen and oxygen atoms in total. The number of nitrogens with zero attached hydrogens (tertiary/aromatic N) is 1. The number of halogens is 2. The Morgan fingerprint density at radius 2 is 1.91 bits per heavy atom. The summed E-state index contributed by atoms with van der Waals surface area (Å²) >= 11 is 0. The second kappa shape index (κ2) is 9.51. The van der Waals surface area contributed by atoms with Crippen LogP contribution >= 0.6 is 0 Å². The van der Waals surface area contributed by atoms with E-state index >= 15 is 0 Å². The van der Waals surface area contributed by atoms with Gasteiger partial charge in [-0.3, -0.25) is 4.79 Å². The SMILES string of the molecule is COC(=O)[C@@H](CCCCC#N)NC(=O)Cc1cc(F)cc(F)c1. The van der Waals surface area contributed by atoms with Crippen LogP contribution in [0.5, 0.6) is 0 Å². The number of amides is 1. The van der Waals surface area contributed by atoms with Crippen molar-refractivity contribution in [3.05, 3.63) is 35.4 Å². The van der Waals surface area contributed by atoms with Crippen LogP contribution in [0.1, 0.15) is 31.2 Å². The molecule has 0 aromatic heterocycles. The molecule has 0 bridgehead atoms. The van der Waals surface area contributed by atoms with Crippen molar-refractivity contribution >= 4 is 11.9 Å². The second-order valence-electron chi connectivity index (χ2n) is 5.00. The molecule has 1 amide bonds. The summed E-state index contributed by atoms with van der Waals surface area (Å²) in [5, 5.41) is 11.0. The van der Waals surface area contributed by atoms with Gasteiger partial charge in [-0.25, -0.2) is 13.6 Å². The maximum absolute atomic E-state index is 13.1. The van der Waals surface area contributed by atoms with Crippen LogP contribution in [-0.4, -0.2) is 25.0 Å². The number of rotatable bonds is 8. The van der Waals surface area contributed by atoms with Crippen molar-refractivity contribution in [1.82, 2.24) is 5.32 Å². The van der Waals surface area contributed by atoms with Crippen LogP contribution in [0.4, 0.5) is 8.78 Å². The number of methoxy groups -OCH3 is 1. The van der Waals surface area contributed by atoms with E-state index in [1.165, 1.54) is 7.11 Å². The first-order valence-electron chi connectivity index (χ1n) is 7.15. The summed E-state index contributed by atoms with van der Waals surface area (Å²) in [5.41, 5.74) is 0.174. The first kappa shape index (κ1) is 18.6. The van der Waals surface area contributed by atoms with E-state index in [9.17, 15) is 18.4 Å². The molecule has 0 spiro atoms. The predicted molar refractivity (Wildman–Crippen MR) is 78.1 cm³/mol. The smallest absolute Gasteiger partial charge is 0.328 e. The fourth-order valence-corrected chi connectivity index (χ4v) is 2.09. The van der Waals surface area contributed by atoms with Crippen molar-refractivity contribution in [1.29, 1.82) is 5.26 Å². The van der Waals surface area contributed by atoms with E-state index in [-0.39, 0.29) is 12.0 Å². The van der Waals surface area contributed by atoms with Crippen molar-refractivity contribution in [3.63, 3.8) is 0 Å². The van der Waals surface area contributed by atoms with E-state index < -0.39 is 29.6 Å². The van der Waals surface area contributed by atoms with E-state index in [1.807, 2.05) is 6.07 Å². The normalized spacial score (nSPS) is 11.4. The number of benzene rings is 1. The van der Waals surface area contributed by atoms with Gasteiger partial charge in [0.1, 0.15) is 17.7 Å². The number of nitrogens with one attached hydrogen (secondary N) is 1. The zero-order valence-corrected chi connectivity index (χ0v) is 12.8. The average Bonchev–Trinajstić information content (AvgIpc) is 2.48. The Kier molecular flexibility index (Phi) is 7.67. The molecular formula is C16H18F2N2O3. The lowest BCUT2D eigenvalue weighted by Crippen LogP contribution is -2.42. The van der Waals surface area contributed by atoms with Gasteiger partial charge >= 0.3 is 5.97 Å². The maximum Gasteiger partial charge on any atom is 0.328 e. The van der Waals surface area contributed by atoms with Crippen molar-refractivity contribution in [2.75, 3.05) is 7.11 Å². The topological polar surface area (TPSA) is 79.2 Å². The van der Waals surface area contributed by atoms with E-state index in [0.717, 1.165) is 12.1 Å². The third-order valence-electron chi connectivity index (χ3n) is 3.14. The second-order valence-corrected chi connectivity index (χ2v) is 5.00. The number of esters is 1. The van der Waals surface area contributed by atoms with Crippen molar-refractivity contribution in [3.8, 4) is 6.07 Å². The van der Waals surface area contributed by atoms with Crippen LogP contribution in [0, 0.1) is 23.0 Å². The number of nitriles is 1. The molecule has 1 aromatic rings. The van der Waals surface area contributed by atoms with Gasteiger partial charge in [0.25, 0.3) is 0 Å². The Balaban J connectivity index is 2.61. The number of ether oxygens (including phenoxy) is 1. The van der Waals surface area contributed by atoms with Gasteiger partial charge in [0.05, 0.1) is 19.6 Å². The summed E-state index contributed by atoms with van der Waals surface area (Å²) in [6.45, 7) is 0. The molecule has 0 fully saturated rings. The minimum absolute atomic E-state index is 0.174. The van der Waals surface area contributed by atoms with E-state index in [4.69, 9.17) is 5.26 Å². The summed E-state index contributed by atoms with van der Waals surface area (Å²) in [6, 6.07) is 3.98. The average molecular weight is 324 g/mol. The van der Waals surface area contributed by atoms with E-state index in [1.54, 1.807) is 0 Å². The van der Waals surface area contributed by atoms with E-state index in [2.05, 4.69) is 10.1 Å². The molecule has 1 N–H and O–H groups in total. The molecule has 0 saturated carbocycles. The highest BCUT2D eigenvalue weighted by molar-refractivity contribution is 5.85. The van der Waals surface area contributed by atoms with E-state index in [0.29, 0.717) is 31.7 Å². The molecular weight excluding hydrogens is 306 g/mol. The summed E-state index contributed by atoms with van der Waals surface area (Å²) in [4.78, 5) is 23.6. The summed E-state index contributed by atoms with van der Waals surface area (Å²) in [7, 11) is 1.21. The third kappa shape index (κ3) is 6.87. The zero-order chi connectivity index (χ0) is 17.2. The number of carbonyl (C=O) groups is 2. The van der Waals surface area contributed by atoms with Gasteiger partial charge < -0.3 is 10.1 Å². The van der Waals surface area contributed by atoms with Gasteiger partial charge in [-0.2, -0.15) is 5.26 Å². The molecule has 0 aliphatic rings. The summed E-state index contributed by atoms with van der Waals surface area (Å²) in [6.07, 6.45) is 1.62. The third-order valence-corrected chi connectivity index (χ3v) is 3.14. The number of hydrogen-bond acceptors (Lipinski definition) is 4. The Labute approximate surface area is 133 Å².